The number of imidazole rings is 1. The van der Waals surface area contributed by atoms with Gasteiger partial charge in [0.05, 0.1) is 11.9 Å². The molecule has 6 nitrogen and oxygen atoms in total. The van der Waals surface area contributed by atoms with Crippen LogP contribution in [0.2, 0.25) is 0 Å². The lowest BCUT2D eigenvalue weighted by molar-refractivity contribution is -0.274. The molecule has 1 aliphatic heterocycles. The highest BCUT2D eigenvalue weighted by atomic mass is 35.5. The summed E-state index contributed by atoms with van der Waals surface area (Å²) >= 11 is 1.42. The summed E-state index contributed by atoms with van der Waals surface area (Å²) in [6, 6.07) is 6.16. The number of piperidine rings is 1. The van der Waals surface area contributed by atoms with E-state index in [1.54, 1.807) is 16.8 Å². The van der Waals surface area contributed by atoms with Crippen LogP contribution in [0.4, 0.5) is 18.3 Å². The van der Waals surface area contributed by atoms with Crippen LogP contribution < -0.4 is 15.4 Å². The second-order valence-electron chi connectivity index (χ2n) is 5.99. The fourth-order valence-corrected chi connectivity index (χ4v) is 3.79. The first-order valence-corrected chi connectivity index (χ1v) is 8.97. The smallest absolute Gasteiger partial charge is 0.406 e. The number of rotatable bonds is 4. The van der Waals surface area contributed by atoms with Crippen molar-refractivity contribution in [3.8, 4) is 17.0 Å². The van der Waals surface area contributed by atoms with Crippen LogP contribution >= 0.6 is 23.7 Å². The van der Waals surface area contributed by atoms with E-state index in [0.717, 1.165) is 31.1 Å². The summed E-state index contributed by atoms with van der Waals surface area (Å²) in [6.07, 6.45) is -1.09. The van der Waals surface area contributed by atoms with E-state index >= 15 is 0 Å². The monoisotopic (exact) mass is 419 g/mol. The SMILES string of the molecule is Cl.FC(F)(F)Oc1cccc(-c2cnc3sc(NC4CCNCC4)nn23)c1. The number of ether oxygens (including phenoxy) is 1. The lowest BCUT2D eigenvalue weighted by Gasteiger charge is -2.22. The molecule has 0 atom stereocenters. The van der Waals surface area contributed by atoms with Gasteiger partial charge in [0.1, 0.15) is 5.75 Å². The number of anilines is 1. The second-order valence-corrected chi connectivity index (χ2v) is 6.95. The van der Waals surface area contributed by atoms with Crippen LogP contribution in [-0.2, 0) is 0 Å². The van der Waals surface area contributed by atoms with Crippen LogP contribution in [0.5, 0.6) is 5.75 Å². The largest absolute Gasteiger partial charge is 0.573 e. The molecule has 1 aliphatic rings. The number of fused-ring (bicyclic) bond motifs is 1. The topological polar surface area (TPSA) is 63.5 Å². The highest BCUT2D eigenvalue weighted by molar-refractivity contribution is 7.20. The first-order chi connectivity index (χ1) is 12.5. The minimum Gasteiger partial charge on any atom is -0.406 e. The molecule has 2 aromatic heterocycles. The molecule has 1 fully saturated rings. The maximum atomic E-state index is 12.4. The van der Waals surface area contributed by atoms with E-state index in [9.17, 15) is 13.2 Å². The molecule has 0 saturated carbocycles. The van der Waals surface area contributed by atoms with E-state index in [4.69, 9.17) is 0 Å². The van der Waals surface area contributed by atoms with Gasteiger partial charge in [0.25, 0.3) is 0 Å². The third kappa shape index (κ3) is 4.63. The summed E-state index contributed by atoms with van der Waals surface area (Å²) in [5.74, 6) is -0.270. The van der Waals surface area contributed by atoms with Crippen molar-refractivity contribution in [2.45, 2.75) is 25.2 Å². The minimum absolute atomic E-state index is 0. The van der Waals surface area contributed by atoms with Gasteiger partial charge in [0, 0.05) is 11.6 Å². The van der Waals surface area contributed by atoms with Crippen molar-refractivity contribution in [3.63, 3.8) is 0 Å². The van der Waals surface area contributed by atoms with E-state index in [1.807, 2.05) is 0 Å². The van der Waals surface area contributed by atoms with Crippen molar-refractivity contribution in [1.29, 1.82) is 0 Å². The number of benzene rings is 1. The predicted octanol–water partition coefficient (Wildman–Crippen LogP) is 3.94. The molecular weight excluding hydrogens is 403 g/mol. The average Bonchev–Trinajstić information content (AvgIpc) is 3.14. The molecule has 0 amide bonds. The fourth-order valence-electron chi connectivity index (χ4n) is 2.94. The summed E-state index contributed by atoms with van der Waals surface area (Å²) in [4.78, 5) is 5.00. The molecule has 0 radical (unpaired) electrons. The van der Waals surface area contributed by atoms with Crippen LogP contribution in [0.3, 0.4) is 0 Å². The van der Waals surface area contributed by atoms with Crippen LogP contribution in [0, 0.1) is 0 Å². The molecule has 146 valence electrons. The number of aromatic nitrogens is 3. The van der Waals surface area contributed by atoms with Crippen molar-refractivity contribution in [2.75, 3.05) is 18.4 Å². The fraction of sp³-hybridized carbons (Fsp3) is 0.375. The summed E-state index contributed by atoms with van der Waals surface area (Å²) < 4.78 is 42.9. The summed E-state index contributed by atoms with van der Waals surface area (Å²) in [5, 5.41) is 12.0. The van der Waals surface area contributed by atoms with Crippen LogP contribution in [-0.4, -0.2) is 40.1 Å². The van der Waals surface area contributed by atoms with Crippen molar-refractivity contribution in [2.24, 2.45) is 0 Å². The van der Waals surface area contributed by atoms with Gasteiger partial charge in [-0.15, -0.1) is 30.7 Å². The van der Waals surface area contributed by atoms with E-state index in [-0.39, 0.29) is 18.2 Å². The molecule has 0 aliphatic carbocycles. The predicted molar refractivity (Wildman–Crippen MR) is 99.7 cm³/mol. The van der Waals surface area contributed by atoms with E-state index in [0.29, 0.717) is 22.3 Å². The molecule has 0 unspecified atom stereocenters. The average molecular weight is 420 g/mol. The molecular formula is C16H17ClF3N5OS. The Morgan fingerprint density at radius 1 is 1.26 bits per heavy atom. The number of hydrogen-bond acceptors (Lipinski definition) is 6. The number of nitrogens with zero attached hydrogens (tertiary/aromatic N) is 3. The molecule has 27 heavy (non-hydrogen) atoms. The lowest BCUT2D eigenvalue weighted by atomic mass is 10.1. The highest BCUT2D eigenvalue weighted by Gasteiger charge is 2.31. The number of alkyl halides is 3. The lowest BCUT2D eigenvalue weighted by Crippen LogP contribution is -2.35. The molecule has 11 heteroatoms. The zero-order valence-electron chi connectivity index (χ0n) is 14.0. The molecule has 4 rings (SSSR count). The Morgan fingerprint density at radius 3 is 2.78 bits per heavy atom. The molecule has 2 N–H and O–H groups in total. The maximum absolute atomic E-state index is 12.4. The summed E-state index contributed by atoms with van der Waals surface area (Å²) in [5.41, 5.74) is 1.17. The quantitative estimate of drug-likeness (QED) is 0.670. The second kappa shape index (κ2) is 7.91. The van der Waals surface area contributed by atoms with Gasteiger partial charge in [-0.1, -0.05) is 23.5 Å². The Labute approximate surface area is 163 Å². The molecule has 0 bridgehead atoms. The van der Waals surface area contributed by atoms with Gasteiger partial charge in [-0.3, -0.25) is 0 Å². The van der Waals surface area contributed by atoms with E-state index < -0.39 is 6.36 Å². The molecule has 1 aromatic carbocycles. The van der Waals surface area contributed by atoms with Gasteiger partial charge in [-0.05, 0) is 38.1 Å². The van der Waals surface area contributed by atoms with Gasteiger partial charge in [-0.25, -0.2) is 9.50 Å². The maximum Gasteiger partial charge on any atom is 0.573 e. The van der Waals surface area contributed by atoms with Gasteiger partial charge >= 0.3 is 6.36 Å². The van der Waals surface area contributed by atoms with Crippen molar-refractivity contribution in [3.05, 3.63) is 30.5 Å². The number of halogens is 4. The van der Waals surface area contributed by atoms with Crippen molar-refractivity contribution < 1.29 is 17.9 Å². The highest BCUT2D eigenvalue weighted by Crippen LogP contribution is 2.30. The molecule has 3 heterocycles. The Bertz CT molecular complexity index is 907. The summed E-state index contributed by atoms with van der Waals surface area (Å²) in [7, 11) is 0. The van der Waals surface area contributed by atoms with Crippen LogP contribution in [0.1, 0.15) is 12.8 Å². The van der Waals surface area contributed by atoms with Gasteiger partial charge in [-0.2, -0.15) is 0 Å². The number of nitrogens with one attached hydrogen (secondary N) is 2. The number of hydrogen-bond donors (Lipinski definition) is 2. The zero-order valence-corrected chi connectivity index (χ0v) is 15.6. The molecule has 3 aromatic rings. The Hall–Kier alpha value is -2.04. The Balaban J connectivity index is 0.00000210. The van der Waals surface area contributed by atoms with Crippen molar-refractivity contribution >= 4 is 33.8 Å². The zero-order chi connectivity index (χ0) is 18.1. The van der Waals surface area contributed by atoms with E-state index in [1.165, 1.54) is 29.5 Å². The van der Waals surface area contributed by atoms with E-state index in [2.05, 4.69) is 25.5 Å². The first-order valence-electron chi connectivity index (χ1n) is 8.16. The minimum atomic E-state index is -4.72. The summed E-state index contributed by atoms with van der Waals surface area (Å²) in [6.45, 7) is 1.94. The van der Waals surface area contributed by atoms with Gasteiger partial charge in [0.2, 0.25) is 10.1 Å². The Morgan fingerprint density at radius 2 is 2.04 bits per heavy atom. The Kier molecular flexibility index (Phi) is 5.78. The van der Waals surface area contributed by atoms with Crippen LogP contribution in [0.15, 0.2) is 30.5 Å². The molecule has 0 spiro atoms. The first kappa shape index (κ1) is 19.7. The third-order valence-corrected chi connectivity index (χ3v) is 4.97. The van der Waals surface area contributed by atoms with Gasteiger partial charge in [0.15, 0.2) is 0 Å². The third-order valence-electron chi connectivity index (χ3n) is 4.12. The molecule has 1 saturated heterocycles. The standard InChI is InChI=1S/C16H16F3N5OS.ClH/c17-16(18,19)25-12-3-1-2-10(8-12)13-9-21-15-24(13)23-14(26-15)22-11-4-6-20-7-5-11;/h1-3,8-9,11,20H,4-7H2,(H,22,23);1H. The van der Waals surface area contributed by atoms with Gasteiger partial charge < -0.3 is 15.4 Å². The van der Waals surface area contributed by atoms with Crippen LogP contribution in [0.25, 0.3) is 16.2 Å². The normalized spacial score (nSPS) is 15.5. The van der Waals surface area contributed by atoms with Crippen molar-refractivity contribution in [1.82, 2.24) is 19.9 Å².